The van der Waals surface area contributed by atoms with Crippen LogP contribution in [-0.4, -0.2) is 8.07 Å². The van der Waals surface area contributed by atoms with Gasteiger partial charge in [-0.25, -0.2) is 0 Å². The van der Waals surface area contributed by atoms with E-state index in [1.165, 1.54) is 16.3 Å². The standard InChI is InChI=1S/C12H16OSi/c1-9-10-7-5-6-8-11(10)13-12(9)14(2,3)4/h5-8H,1-4H3. The molecule has 0 fully saturated rings. The first-order chi connectivity index (χ1) is 6.50. The summed E-state index contributed by atoms with van der Waals surface area (Å²) in [6.07, 6.45) is 0. The van der Waals surface area contributed by atoms with Crippen molar-refractivity contribution in [3.05, 3.63) is 29.8 Å². The Morgan fingerprint density at radius 1 is 1.07 bits per heavy atom. The monoisotopic (exact) mass is 204 g/mol. The van der Waals surface area contributed by atoms with Crippen LogP contribution in [0.25, 0.3) is 11.0 Å². The molecule has 0 amide bonds. The Labute approximate surface area is 85.7 Å². The Morgan fingerprint density at radius 3 is 2.29 bits per heavy atom. The van der Waals surface area contributed by atoms with Crippen LogP contribution in [0.1, 0.15) is 5.56 Å². The quantitative estimate of drug-likeness (QED) is 0.650. The highest BCUT2D eigenvalue weighted by atomic mass is 28.3. The summed E-state index contributed by atoms with van der Waals surface area (Å²) in [6.45, 7) is 9.12. The lowest BCUT2D eigenvalue weighted by atomic mass is 10.2. The first kappa shape index (κ1) is 9.53. The number of furan rings is 1. The number of hydrogen-bond acceptors (Lipinski definition) is 1. The normalized spacial score (nSPS) is 12.3. The predicted octanol–water partition coefficient (Wildman–Crippen LogP) is 3.29. The Hall–Kier alpha value is -1.02. The third-order valence-electron chi connectivity index (χ3n) is 2.52. The van der Waals surface area contributed by atoms with Gasteiger partial charge in [-0.3, -0.25) is 0 Å². The first-order valence-corrected chi connectivity index (χ1v) is 8.49. The molecule has 0 bridgehead atoms. The molecule has 2 heteroatoms. The topological polar surface area (TPSA) is 13.1 Å². The molecule has 0 N–H and O–H groups in total. The summed E-state index contributed by atoms with van der Waals surface area (Å²) >= 11 is 0. The predicted molar refractivity (Wildman–Crippen MR) is 63.9 cm³/mol. The van der Waals surface area contributed by atoms with E-state index in [9.17, 15) is 0 Å². The van der Waals surface area contributed by atoms with Gasteiger partial charge in [0.15, 0.2) is 0 Å². The first-order valence-electron chi connectivity index (χ1n) is 4.99. The maximum absolute atomic E-state index is 5.92. The Bertz CT molecular complexity index is 463. The Balaban J connectivity index is 2.75. The van der Waals surface area contributed by atoms with Crippen LogP contribution in [0.2, 0.25) is 19.6 Å². The molecule has 0 aliphatic rings. The fraction of sp³-hybridized carbons (Fsp3) is 0.333. The van der Waals surface area contributed by atoms with Gasteiger partial charge in [-0.1, -0.05) is 37.8 Å². The highest BCUT2D eigenvalue weighted by Gasteiger charge is 2.24. The van der Waals surface area contributed by atoms with Gasteiger partial charge in [0.05, 0.1) is 5.38 Å². The van der Waals surface area contributed by atoms with Crippen LogP contribution in [-0.2, 0) is 0 Å². The number of hydrogen-bond donors (Lipinski definition) is 0. The fourth-order valence-corrected chi connectivity index (χ4v) is 3.57. The molecule has 0 saturated heterocycles. The van der Waals surface area contributed by atoms with E-state index in [1.807, 2.05) is 12.1 Å². The highest BCUT2D eigenvalue weighted by molar-refractivity contribution is 6.88. The van der Waals surface area contributed by atoms with Crippen LogP contribution in [0.4, 0.5) is 0 Å². The molecule has 0 unspecified atom stereocenters. The minimum Gasteiger partial charge on any atom is -0.466 e. The zero-order chi connectivity index (χ0) is 10.3. The summed E-state index contributed by atoms with van der Waals surface area (Å²) in [5.41, 5.74) is 2.36. The molecule has 2 aromatic rings. The van der Waals surface area contributed by atoms with E-state index in [4.69, 9.17) is 4.42 Å². The second-order valence-electron chi connectivity index (χ2n) is 4.80. The van der Waals surface area contributed by atoms with Crippen molar-refractivity contribution in [1.29, 1.82) is 0 Å². The molecule has 0 radical (unpaired) electrons. The minimum atomic E-state index is -1.33. The van der Waals surface area contributed by atoms with Crippen LogP contribution in [0.3, 0.4) is 0 Å². The van der Waals surface area contributed by atoms with Crippen molar-refractivity contribution < 1.29 is 4.42 Å². The van der Waals surface area contributed by atoms with E-state index < -0.39 is 8.07 Å². The van der Waals surface area contributed by atoms with Crippen molar-refractivity contribution in [1.82, 2.24) is 0 Å². The molecule has 1 nitrogen and oxygen atoms in total. The summed E-state index contributed by atoms with van der Waals surface area (Å²) in [4.78, 5) is 0. The van der Waals surface area contributed by atoms with Gasteiger partial charge in [-0.05, 0) is 18.6 Å². The van der Waals surface area contributed by atoms with Crippen LogP contribution >= 0.6 is 0 Å². The highest BCUT2D eigenvalue weighted by Crippen LogP contribution is 2.21. The van der Waals surface area contributed by atoms with Gasteiger partial charge in [0, 0.05) is 5.39 Å². The van der Waals surface area contributed by atoms with E-state index in [0.717, 1.165) is 5.58 Å². The van der Waals surface area contributed by atoms with E-state index in [0.29, 0.717) is 0 Å². The van der Waals surface area contributed by atoms with E-state index in [-0.39, 0.29) is 0 Å². The molecule has 0 aliphatic carbocycles. The molecule has 0 spiro atoms. The second kappa shape index (κ2) is 2.99. The summed E-state index contributed by atoms with van der Waals surface area (Å²) < 4.78 is 5.92. The Morgan fingerprint density at radius 2 is 1.71 bits per heavy atom. The molecule has 0 saturated carbocycles. The minimum absolute atomic E-state index is 1.03. The van der Waals surface area contributed by atoms with Crippen LogP contribution < -0.4 is 5.38 Å². The van der Waals surface area contributed by atoms with Crippen molar-refractivity contribution in [3.63, 3.8) is 0 Å². The average molecular weight is 204 g/mol. The van der Waals surface area contributed by atoms with E-state index in [2.05, 4.69) is 38.7 Å². The van der Waals surface area contributed by atoms with E-state index >= 15 is 0 Å². The second-order valence-corrected chi connectivity index (χ2v) is 9.76. The number of benzene rings is 1. The van der Waals surface area contributed by atoms with Gasteiger partial charge in [0.2, 0.25) is 0 Å². The lowest BCUT2D eigenvalue weighted by Crippen LogP contribution is -2.38. The lowest BCUT2D eigenvalue weighted by molar-refractivity contribution is 0.646. The fourth-order valence-electron chi connectivity index (χ4n) is 1.89. The maximum atomic E-state index is 5.92. The molecule has 1 aromatic carbocycles. The van der Waals surface area contributed by atoms with E-state index in [1.54, 1.807) is 0 Å². The van der Waals surface area contributed by atoms with Crippen molar-refractivity contribution >= 4 is 24.4 Å². The number of para-hydroxylation sites is 1. The SMILES string of the molecule is Cc1c([Si](C)(C)C)oc2ccccc12. The summed E-state index contributed by atoms with van der Waals surface area (Å²) in [6, 6.07) is 8.28. The summed E-state index contributed by atoms with van der Waals surface area (Å²) in [7, 11) is -1.33. The third-order valence-corrected chi connectivity index (χ3v) is 4.36. The molecule has 0 atom stereocenters. The van der Waals surface area contributed by atoms with Crippen LogP contribution in [0.15, 0.2) is 28.7 Å². The zero-order valence-electron chi connectivity index (χ0n) is 9.22. The van der Waals surface area contributed by atoms with Gasteiger partial charge in [0.25, 0.3) is 0 Å². The van der Waals surface area contributed by atoms with Crippen molar-refractivity contribution in [2.75, 3.05) is 0 Å². The smallest absolute Gasteiger partial charge is 0.133 e. The molecule has 74 valence electrons. The number of aryl methyl sites for hydroxylation is 1. The number of rotatable bonds is 1. The van der Waals surface area contributed by atoms with Gasteiger partial charge in [0.1, 0.15) is 13.7 Å². The largest absolute Gasteiger partial charge is 0.466 e. The molecule has 2 rings (SSSR count). The van der Waals surface area contributed by atoms with Crippen LogP contribution in [0, 0.1) is 6.92 Å². The molecule has 0 aliphatic heterocycles. The summed E-state index contributed by atoms with van der Waals surface area (Å²) in [5, 5.41) is 2.50. The molecular formula is C12H16OSi. The van der Waals surface area contributed by atoms with Gasteiger partial charge >= 0.3 is 0 Å². The Kier molecular flexibility index (Phi) is 2.03. The van der Waals surface area contributed by atoms with Gasteiger partial charge < -0.3 is 4.42 Å². The van der Waals surface area contributed by atoms with Crippen molar-refractivity contribution in [2.24, 2.45) is 0 Å². The molecule has 1 heterocycles. The van der Waals surface area contributed by atoms with Gasteiger partial charge in [-0.15, -0.1) is 0 Å². The third kappa shape index (κ3) is 1.40. The summed E-state index contributed by atoms with van der Waals surface area (Å²) in [5.74, 6) is 0. The molecule has 14 heavy (non-hydrogen) atoms. The zero-order valence-corrected chi connectivity index (χ0v) is 10.2. The average Bonchev–Trinajstić information content (AvgIpc) is 2.44. The van der Waals surface area contributed by atoms with Crippen LogP contribution in [0.5, 0.6) is 0 Å². The molecule has 1 aromatic heterocycles. The van der Waals surface area contributed by atoms with Crippen molar-refractivity contribution in [3.8, 4) is 0 Å². The van der Waals surface area contributed by atoms with Gasteiger partial charge in [-0.2, -0.15) is 0 Å². The lowest BCUT2D eigenvalue weighted by Gasteiger charge is -2.12. The van der Waals surface area contributed by atoms with Crippen molar-refractivity contribution in [2.45, 2.75) is 26.6 Å². The number of fused-ring (bicyclic) bond motifs is 1. The maximum Gasteiger partial charge on any atom is 0.133 e. The molecular weight excluding hydrogens is 188 g/mol.